The van der Waals surface area contributed by atoms with Crippen molar-refractivity contribution in [1.29, 1.82) is 0 Å². The van der Waals surface area contributed by atoms with E-state index in [0.717, 1.165) is 10.8 Å². The molecular weight excluding hydrogens is 482 g/mol. The Balaban J connectivity index is 1.65. The third-order valence-electron chi connectivity index (χ3n) is 6.72. The van der Waals surface area contributed by atoms with Gasteiger partial charge in [-0.2, -0.15) is 0 Å². The van der Waals surface area contributed by atoms with E-state index in [1.165, 1.54) is 19.1 Å². The van der Waals surface area contributed by atoms with Gasteiger partial charge in [-0.1, -0.05) is 66.7 Å². The normalized spacial score (nSPS) is 16.6. The number of benzene rings is 4. The molecule has 190 valence electrons. The molecule has 1 atom stereocenters. The first-order chi connectivity index (χ1) is 18.4. The van der Waals surface area contributed by atoms with Gasteiger partial charge in [0.25, 0.3) is 11.7 Å². The van der Waals surface area contributed by atoms with Gasteiger partial charge < -0.3 is 19.5 Å². The number of carbonyl (C=O) groups is 3. The van der Waals surface area contributed by atoms with Crippen LogP contribution in [0.15, 0.2) is 96.6 Å². The number of fused-ring (bicyclic) bond motifs is 1. The van der Waals surface area contributed by atoms with E-state index in [9.17, 15) is 19.5 Å². The van der Waals surface area contributed by atoms with Crippen molar-refractivity contribution in [2.75, 3.05) is 14.2 Å². The second kappa shape index (κ2) is 10.2. The number of methoxy groups -OCH3 is 2. The van der Waals surface area contributed by atoms with Gasteiger partial charge in [-0.05, 0) is 46.2 Å². The monoisotopic (exact) mass is 507 g/mol. The van der Waals surface area contributed by atoms with Crippen LogP contribution >= 0.6 is 0 Å². The van der Waals surface area contributed by atoms with E-state index in [1.54, 1.807) is 60.7 Å². The molecule has 1 unspecified atom stereocenters. The van der Waals surface area contributed by atoms with E-state index < -0.39 is 23.7 Å². The summed E-state index contributed by atoms with van der Waals surface area (Å²) in [5, 5.41) is 13.2. The van der Waals surface area contributed by atoms with E-state index in [-0.39, 0.29) is 17.9 Å². The third-order valence-corrected chi connectivity index (χ3v) is 6.72. The van der Waals surface area contributed by atoms with Gasteiger partial charge in [0.05, 0.1) is 31.4 Å². The minimum Gasteiger partial charge on any atom is -0.507 e. The lowest BCUT2D eigenvalue weighted by Gasteiger charge is -2.26. The second-order valence-electron chi connectivity index (χ2n) is 8.92. The summed E-state index contributed by atoms with van der Waals surface area (Å²) in [6, 6.07) is 25.9. The average molecular weight is 508 g/mol. The molecule has 1 N–H and O–H groups in total. The van der Waals surface area contributed by atoms with Gasteiger partial charge in [0.2, 0.25) is 0 Å². The lowest BCUT2D eigenvalue weighted by atomic mass is 9.93. The summed E-state index contributed by atoms with van der Waals surface area (Å²) in [4.78, 5) is 40.1. The number of ketones is 1. The number of hydrogen-bond donors (Lipinski definition) is 1. The number of amides is 1. The SMILES string of the molecule is COC(=O)c1ccc(CN2C(=O)C(=O)/C(=C(\O)c3cccc4ccccc34)C2c2cccc(OC)c2)cc1. The summed E-state index contributed by atoms with van der Waals surface area (Å²) in [6.45, 7) is 0.0836. The van der Waals surface area contributed by atoms with Gasteiger partial charge in [-0.3, -0.25) is 9.59 Å². The number of nitrogens with zero attached hydrogens (tertiary/aromatic N) is 1. The smallest absolute Gasteiger partial charge is 0.337 e. The number of Topliss-reactive ketones (excluding diaryl/α,β-unsaturated/α-hetero) is 1. The maximum absolute atomic E-state index is 13.5. The number of hydrogen-bond acceptors (Lipinski definition) is 6. The van der Waals surface area contributed by atoms with Gasteiger partial charge in [0, 0.05) is 12.1 Å². The third kappa shape index (κ3) is 4.39. The first-order valence-electron chi connectivity index (χ1n) is 12.0. The molecule has 7 heteroatoms. The summed E-state index contributed by atoms with van der Waals surface area (Å²) in [5.74, 6) is -1.65. The molecule has 0 radical (unpaired) electrons. The fourth-order valence-electron chi connectivity index (χ4n) is 4.84. The number of ether oxygens (including phenoxy) is 2. The van der Waals surface area contributed by atoms with Crippen molar-refractivity contribution in [3.8, 4) is 5.75 Å². The molecule has 4 aromatic rings. The maximum Gasteiger partial charge on any atom is 0.337 e. The molecular formula is C31H25NO6. The summed E-state index contributed by atoms with van der Waals surface area (Å²) in [6.07, 6.45) is 0. The zero-order valence-corrected chi connectivity index (χ0v) is 20.9. The Morgan fingerprint density at radius 1 is 0.895 bits per heavy atom. The van der Waals surface area contributed by atoms with Crippen molar-refractivity contribution in [2.24, 2.45) is 0 Å². The van der Waals surface area contributed by atoms with Crippen LogP contribution < -0.4 is 4.74 Å². The molecule has 1 amide bonds. The Hall–Kier alpha value is -4.91. The minimum atomic E-state index is -0.857. The van der Waals surface area contributed by atoms with Crippen LogP contribution in [0.4, 0.5) is 0 Å². The van der Waals surface area contributed by atoms with Crippen molar-refractivity contribution in [1.82, 2.24) is 4.90 Å². The number of esters is 1. The van der Waals surface area contributed by atoms with Crippen molar-refractivity contribution >= 4 is 34.2 Å². The van der Waals surface area contributed by atoms with Crippen LogP contribution in [0.2, 0.25) is 0 Å². The van der Waals surface area contributed by atoms with Gasteiger partial charge in [0.15, 0.2) is 0 Å². The van der Waals surface area contributed by atoms with Crippen LogP contribution in [0.3, 0.4) is 0 Å². The molecule has 0 bridgehead atoms. The predicted molar refractivity (Wildman–Crippen MR) is 143 cm³/mol. The van der Waals surface area contributed by atoms with Gasteiger partial charge in [-0.25, -0.2) is 4.79 Å². The summed E-state index contributed by atoms with van der Waals surface area (Å²) >= 11 is 0. The van der Waals surface area contributed by atoms with E-state index in [4.69, 9.17) is 9.47 Å². The average Bonchev–Trinajstić information content (AvgIpc) is 3.21. The zero-order chi connectivity index (χ0) is 26.8. The van der Waals surface area contributed by atoms with E-state index in [2.05, 4.69) is 0 Å². The Morgan fingerprint density at radius 3 is 2.34 bits per heavy atom. The Labute approximate surface area is 219 Å². The predicted octanol–water partition coefficient (Wildman–Crippen LogP) is 5.26. The highest BCUT2D eigenvalue weighted by Crippen LogP contribution is 2.42. The molecule has 0 aliphatic carbocycles. The molecule has 7 nitrogen and oxygen atoms in total. The number of aliphatic hydroxyl groups excluding tert-OH is 1. The fourth-order valence-corrected chi connectivity index (χ4v) is 4.84. The summed E-state index contributed by atoms with van der Waals surface area (Å²) < 4.78 is 10.2. The number of likely N-dealkylation sites (tertiary alicyclic amines) is 1. The van der Waals surface area contributed by atoms with Crippen molar-refractivity contribution in [3.05, 3.63) is 119 Å². The van der Waals surface area contributed by atoms with E-state index >= 15 is 0 Å². The van der Waals surface area contributed by atoms with Crippen LogP contribution in [-0.4, -0.2) is 41.9 Å². The largest absolute Gasteiger partial charge is 0.507 e. The highest BCUT2D eigenvalue weighted by molar-refractivity contribution is 6.46. The minimum absolute atomic E-state index is 0.00536. The molecule has 0 saturated carbocycles. The highest BCUT2D eigenvalue weighted by Gasteiger charge is 2.46. The van der Waals surface area contributed by atoms with Crippen LogP contribution in [0.25, 0.3) is 16.5 Å². The summed E-state index contributed by atoms with van der Waals surface area (Å²) in [5.41, 5.74) is 2.18. The van der Waals surface area contributed by atoms with Crippen LogP contribution in [0.1, 0.15) is 33.1 Å². The van der Waals surface area contributed by atoms with Crippen molar-refractivity contribution < 1.29 is 29.0 Å². The number of carbonyl (C=O) groups excluding carboxylic acids is 3. The molecule has 1 saturated heterocycles. The second-order valence-corrected chi connectivity index (χ2v) is 8.92. The lowest BCUT2D eigenvalue weighted by Crippen LogP contribution is -2.29. The molecule has 38 heavy (non-hydrogen) atoms. The standard InChI is InChI=1S/C31H25NO6/c1-37-23-10-5-9-22(17-23)27-26(28(33)25-12-6-8-20-7-3-4-11-24(20)25)29(34)30(35)32(27)18-19-13-15-21(16-14-19)31(36)38-2/h3-17,27,33H,18H2,1-2H3/b28-26-. The topological polar surface area (TPSA) is 93.1 Å². The van der Waals surface area contributed by atoms with Crippen molar-refractivity contribution in [3.63, 3.8) is 0 Å². The van der Waals surface area contributed by atoms with Gasteiger partial charge in [-0.15, -0.1) is 0 Å². The molecule has 1 heterocycles. The van der Waals surface area contributed by atoms with E-state index in [1.807, 2.05) is 30.3 Å². The lowest BCUT2D eigenvalue weighted by molar-refractivity contribution is -0.140. The molecule has 4 aromatic carbocycles. The quantitative estimate of drug-likeness (QED) is 0.166. The number of rotatable bonds is 6. The highest BCUT2D eigenvalue weighted by atomic mass is 16.5. The molecule has 1 aliphatic heterocycles. The molecule has 1 fully saturated rings. The molecule has 5 rings (SSSR count). The fraction of sp³-hybridized carbons (Fsp3) is 0.129. The Bertz CT molecular complexity index is 1580. The number of aliphatic hydroxyl groups is 1. The van der Waals surface area contributed by atoms with Gasteiger partial charge in [0.1, 0.15) is 11.5 Å². The zero-order valence-electron chi connectivity index (χ0n) is 20.9. The summed E-state index contributed by atoms with van der Waals surface area (Å²) in [7, 11) is 2.84. The van der Waals surface area contributed by atoms with Crippen LogP contribution in [-0.2, 0) is 20.9 Å². The Morgan fingerprint density at radius 2 is 1.61 bits per heavy atom. The first kappa shape index (κ1) is 24.8. The van der Waals surface area contributed by atoms with Gasteiger partial charge >= 0.3 is 5.97 Å². The van der Waals surface area contributed by atoms with Crippen LogP contribution in [0.5, 0.6) is 5.75 Å². The molecule has 1 aliphatic rings. The maximum atomic E-state index is 13.5. The van der Waals surface area contributed by atoms with Crippen LogP contribution in [0, 0.1) is 0 Å². The Kier molecular flexibility index (Phi) is 6.66. The van der Waals surface area contributed by atoms with Crippen molar-refractivity contribution in [2.45, 2.75) is 12.6 Å². The first-order valence-corrected chi connectivity index (χ1v) is 12.0. The molecule has 0 spiro atoms. The van der Waals surface area contributed by atoms with E-state index in [0.29, 0.717) is 28.0 Å². The molecule has 0 aromatic heterocycles.